The lowest BCUT2D eigenvalue weighted by Gasteiger charge is -2.33. The first-order valence-corrected chi connectivity index (χ1v) is 12.8. The molecule has 0 saturated heterocycles. The molecule has 0 radical (unpaired) electrons. The molecule has 0 aliphatic carbocycles. The van der Waals surface area contributed by atoms with E-state index in [1.807, 2.05) is 52.0 Å². The molecule has 0 bridgehead atoms. The molecule has 0 aromatic heterocycles. The van der Waals surface area contributed by atoms with Gasteiger partial charge in [0.1, 0.15) is 12.6 Å². The maximum Gasteiger partial charge on any atom is 0.244 e. The van der Waals surface area contributed by atoms with Crippen LogP contribution in [0.3, 0.4) is 0 Å². The lowest BCUT2D eigenvalue weighted by Crippen LogP contribution is -2.54. The van der Waals surface area contributed by atoms with Gasteiger partial charge in [0, 0.05) is 17.1 Å². The molecule has 0 heterocycles. The zero-order chi connectivity index (χ0) is 25.0. The van der Waals surface area contributed by atoms with Crippen LogP contribution >= 0.6 is 11.6 Å². The number of hydrogen-bond acceptors (Lipinski definition) is 4. The molecule has 180 valence electrons. The summed E-state index contributed by atoms with van der Waals surface area (Å²) < 4.78 is 26.0. The highest BCUT2D eigenvalue weighted by Gasteiger charge is 2.31. The van der Waals surface area contributed by atoms with Gasteiger partial charge in [-0.3, -0.25) is 13.9 Å². The monoisotopic (exact) mass is 493 g/mol. The summed E-state index contributed by atoms with van der Waals surface area (Å²) in [5.74, 6) is -0.811. The van der Waals surface area contributed by atoms with E-state index in [0.717, 1.165) is 21.7 Å². The number of aryl methyl sites for hydroxylation is 1. The van der Waals surface area contributed by atoms with E-state index in [9.17, 15) is 18.0 Å². The average molecular weight is 494 g/mol. The molecule has 0 aliphatic heterocycles. The number of amides is 2. The van der Waals surface area contributed by atoms with Crippen molar-refractivity contribution in [1.29, 1.82) is 0 Å². The molecule has 33 heavy (non-hydrogen) atoms. The molecule has 0 saturated carbocycles. The van der Waals surface area contributed by atoms with Crippen molar-refractivity contribution >= 4 is 39.1 Å². The van der Waals surface area contributed by atoms with Crippen LogP contribution in [-0.2, 0) is 26.2 Å². The molecular formula is C24H32ClN3O4S. The zero-order valence-electron chi connectivity index (χ0n) is 19.9. The Hall–Kier alpha value is -2.58. The van der Waals surface area contributed by atoms with Crippen LogP contribution in [-0.4, -0.2) is 49.5 Å². The molecule has 2 amide bonds. The van der Waals surface area contributed by atoms with Crippen LogP contribution in [0.5, 0.6) is 0 Å². The second-order valence-electron chi connectivity index (χ2n) is 9.17. The summed E-state index contributed by atoms with van der Waals surface area (Å²) in [5, 5.41) is 3.34. The summed E-state index contributed by atoms with van der Waals surface area (Å²) in [6.45, 7) is 8.87. The molecule has 1 N–H and O–H groups in total. The van der Waals surface area contributed by atoms with Gasteiger partial charge in [-0.2, -0.15) is 0 Å². The normalized spacial score (nSPS) is 12.7. The van der Waals surface area contributed by atoms with Crippen LogP contribution in [0.1, 0.15) is 38.8 Å². The number of carbonyl (C=O) groups is 2. The third-order valence-electron chi connectivity index (χ3n) is 4.89. The number of benzene rings is 2. The smallest absolute Gasteiger partial charge is 0.244 e. The van der Waals surface area contributed by atoms with Crippen molar-refractivity contribution in [1.82, 2.24) is 10.2 Å². The highest BCUT2D eigenvalue weighted by Crippen LogP contribution is 2.21. The van der Waals surface area contributed by atoms with E-state index >= 15 is 0 Å². The van der Waals surface area contributed by atoms with E-state index in [4.69, 9.17) is 11.6 Å². The zero-order valence-corrected chi connectivity index (χ0v) is 21.5. The number of hydrogen-bond donors (Lipinski definition) is 1. The van der Waals surface area contributed by atoms with E-state index in [1.165, 1.54) is 17.0 Å². The number of nitrogens with one attached hydrogen (secondary N) is 1. The Kier molecular flexibility index (Phi) is 8.54. The second kappa shape index (κ2) is 10.6. The third-order valence-corrected chi connectivity index (χ3v) is 6.29. The fraction of sp³-hybridized carbons (Fsp3) is 0.417. The molecule has 0 unspecified atom stereocenters. The van der Waals surface area contributed by atoms with E-state index in [-0.39, 0.29) is 12.5 Å². The Morgan fingerprint density at radius 2 is 1.70 bits per heavy atom. The summed E-state index contributed by atoms with van der Waals surface area (Å²) in [6, 6.07) is 13.0. The summed E-state index contributed by atoms with van der Waals surface area (Å²) in [7, 11) is -3.77. The SMILES string of the molecule is Cc1cccc(CN(C(=O)CN(c2ccc(Cl)cc2)S(C)(=O)=O)[C@H](C)C(=O)NC(C)(C)C)c1. The van der Waals surface area contributed by atoms with Crippen LogP contribution in [0.4, 0.5) is 5.69 Å². The number of carbonyl (C=O) groups excluding carboxylic acids is 2. The van der Waals surface area contributed by atoms with Gasteiger partial charge in [0.25, 0.3) is 0 Å². The minimum absolute atomic E-state index is 0.164. The quantitative estimate of drug-likeness (QED) is 0.606. The predicted molar refractivity (Wildman–Crippen MR) is 133 cm³/mol. The van der Waals surface area contributed by atoms with Crippen molar-refractivity contribution in [2.24, 2.45) is 0 Å². The van der Waals surface area contributed by atoms with Gasteiger partial charge >= 0.3 is 0 Å². The van der Waals surface area contributed by atoms with Crippen molar-refractivity contribution < 1.29 is 18.0 Å². The van der Waals surface area contributed by atoms with Crippen molar-refractivity contribution in [3.63, 3.8) is 0 Å². The molecule has 0 aliphatic rings. The Labute approximate surface area is 201 Å². The second-order valence-corrected chi connectivity index (χ2v) is 11.5. The van der Waals surface area contributed by atoms with E-state index in [2.05, 4.69) is 5.32 Å². The van der Waals surface area contributed by atoms with E-state index in [0.29, 0.717) is 10.7 Å². The fourth-order valence-electron chi connectivity index (χ4n) is 3.28. The Morgan fingerprint density at radius 1 is 1.09 bits per heavy atom. The van der Waals surface area contributed by atoms with Crippen molar-refractivity contribution in [2.45, 2.75) is 52.7 Å². The first-order valence-electron chi connectivity index (χ1n) is 10.6. The van der Waals surface area contributed by atoms with Crippen LogP contribution in [0.2, 0.25) is 5.02 Å². The van der Waals surface area contributed by atoms with Gasteiger partial charge in [-0.15, -0.1) is 0 Å². The molecule has 2 rings (SSSR count). The fourth-order valence-corrected chi connectivity index (χ4v) is 4.26. The summed E-state index contributed by atoms with van der Waals surface area (Å²) in [6.07, 6.45) is 1.04. The molecule has 0 fully saturated rings. The molecule has 9 heteroatoms. The number of halogens is 1. The molecule has 2 aromatic rings. The number of nitrogens with zero attached hydrogens (tertiary/aromatic N) is 2. The molecule has 2 aromatic carbocycles. The van der Waals surface area contributed by atoms with Gasteiger partial charge in [-0.05, 0) is 64.4 Å². The van der Waals surface area contributed by atoms with Crippen LogP contribution < -0.4 is 9.62 Å². The lowest BCUT2D eigenvalue weighted by molar-refractivity contribution is -0.140. The van der Waals surface area contributed by atoms with Crippen LogP contribution in [0.25, 0.3) is 0 Å². The average Bonchev–Trinajstić information content (AvgIpc) is 2.68. The summed E-state index contributed by atoms with van der Waals surface area (Å²) in [5.41, 5.74) is 1.70. The van der Waals surface area contributed by atoms with E-state index in [1.54, 1.807) is 19.1 Å². The lowest BCUT2D eigenvalue weighted by atomic mass is 10.1. The summed E-state index contributed by atoms with van der Waals surface area (Å²) >= 11 is 5.93. The molecule has 0 spiro atoms. The Balaban J connectivity index is 2.39. The van der Waals surface area contributed by atoms with Crippen molar-refractivity contribution in [2.75, 3.05) is 17.1 Å². The predicted octanol–water partition coefficient (Wildman–Crippen LogP) is 3.75. The minimum atomic E-state index is -3.77. The molecule has 7 nitrogen and oxygen atoms in total. The topological polar surface area (TPSA) is 86.8 Å². The summed E-state index contributed by atoms with van der Waals surface area (Å²) in [4.78, 5) is 27.8. The van der Waals surface area contributed by atoms with E-state index < -0.39 is 34.1 Å². The van der Waals surface area contributed by atoms with Gasteiger partial charge in [-0.25, -0.2) is 8.42 Å². The molecular weight excluding hydrogens is 462 g/mol. The maximum absolute atomic E-state index is 13.5. The first-order chi connectivity index (χ1) is 15.2. The molecule has 1 atom stereocenters. The number of rotatable bonds is 8. The van der Waals surface area contributed by atoms with Crippen LogP contribution in [0.15, 0.2) is 48.5 Å². The Morgan fingerprint density at radius 3 is 2.21 bits per heavy atom. The largest absolute Gasteiger partial charge is 0.350 e. The van der Waals surface area contributed by atoms with Gasteiger partial charge in [0.05, 0.1) is 11.9 Å². The highest BCUT2D eigenvalue weighted by molar-refractivity contribution is 7.92. The maximum atomic E-state index is 13.5. The standard InChI is InChI=1S/C24H32ClN3O4S/c1-17-8-7-9-19(14-17)15-27(18(2)23(30)26-24(3,4)5)22(29)16-28(33(6,31)32)21-12-10-20(25)11-13-21/h7-14,18H,15-16H2,1-6H3,(H,26,30)/t18-/m1/s1. The number of sulfonamides is 1. The first kappa shape index (κ1) is 26.7. The van der Waals surface area contributed by atoms with Gasteiger partial charge in [0.2, 0.25) is 21.8 Å². The van der Waals surface area contributed by atoms with Crippen molar-refractivity contribution in [3.05, 3.63) is 64.7 Å². The minimum Gasteiger partial charge on any atom is -0.350 e. The van der Waals surface area contributed by atoms with Crippen molar-refractivity contribution in [3.8, 4) is 0 Å². The number of anilines is 1. The Bertz CT molecular complexity index is 1100. The van der Waals surface area contributed by atoms with Gasteiger partial charge in [0.15, 0.2) is 0 Å². The third kappa shape index (κ3) is 8.05. The highest BCUT2D eigenvalue weighted by atomic mass is 35.5. The van der Waals surface area contributed by atoms with Gasteiger partial charge in [-0.1, -0.05) is 41.4 Å². The van der Waals surface area contributed by atoms with Gasteiger partial charge < -0.3 is 10.2 Å². The van der Waals surface area contributed by atoms with Crippen LogP contribution in [0, 0.1) is 6.92 Å².